The highest BCUT2D eigenvalue weighted by molar-refractivity contribution is 5.97. The Hall–Kier alpha value is -1.76. The lowest BCUT2D eigenvalue weighted by atomic mass is 10.1. The summed E-state index contributed by atoms with van der Waals surface area (Å²) in [6, 6.07) is 1.66. The summed E-state index contributed by atoms with van der Waals surface area (Å²) in [5.74, 6) is -0.756. The molecule has 0 fully saturated rings. The maximum Gasteiger partial charge on any atom is 0.259 e. The predicted molar refractivity (Wildman–Crippen MR) is 43.9 cm³/mol. The number of amides is 1. The first-order chi connectivity index (χ1) is 5.49. The van der Waals surface area contributed by atoms with Gasteiger partial charge in [-0.3, -0.25) is 4.79 Å². The van der Waals surface area contributed by atoms with Crippen LogP contribution < -0.4 is 5.73 Å². The standard InChI is InChI=1S/C8H10N2O2/c1-5(3-6(2)11)7(4-9)8(10)12/h3,11H,1-2H3,(H2,10,12). The minimum Gasteiger partial charge on any atom is -0.513 e. The minimum atomic E-state index is -0.785. The van der Waals surface area contributed by atoms with Gasteiger partial charge in [0.15, 0.2) is 0 Å². The van der Waals surface area contributed by atoms with E-state index in [1.54, 1.807) is 6.07 Å². The number of nitrogens with two attached hydrogens (primary N) is 1. The Morgan fingerprint density at radius 1 is 1.58 bits per heavy atom. The number of carbonyl (C=O) groups excluding carboxylic acids is 1. The Labute approximate surface area is 70.6 Å². The molecule has 0 radical (unpaired) electrons. The molecule has 0 aromatic carbocycles. The molecule has 1 amide bonds. The van der Waals surface area contributed by atoms with Gasteiger partial charge in [-0.25, -0.2) is 0 Å². The average Bonchev–Trinajstić information content (AvgIpc) is 1.85. The van der Waals surface area contributed by atoms with Crippen LogP contribution in [0.1, 0.15) is 13.8 Å². The van der Waals surface area contributed by atoms with E-state index in [0.29, 0.717) is 5.57 Å². The normalized spacial score (nSPS) is 13.2. The topological polar surface area (TPSA) is 87.1 Å². The molecule has 0 unspecified atom stereocenters. The van der Waals surface area contributed by atoms with E-state index in [1.165, 1.54) is 19.9 Å². The molecule has 64 valence electrons. The van der Waals surface area contributed by atoms with Gasteiger partial charge in [0.2, 0.25) is 0 Å². The highest BCUT2D eigenvalue weighted by atomic mass is 16.3. The monoisotopic (exact) mass is 166 g/mol. The quantitative estimate of drug-likeness (QED) is 0.275. The lowest BCUT2D eigenvalue weighted by Crippen LogP contribution is -2.13. The van der Waals surface area contributed by atoms with Crippen LogP contribution in [0.5, 0.6) is 0 Å². The molecule has 0 aromatic heterocycles. The van der Waals surface area contributed by atoms with Crippen LogP contribution in [-0.4, -0.2) is 11.0 Å². The van der Waals surface area contributed by atoms with Crippen LogP contribution in [0, 0.1) is 11.3 Å². The summed E-state index contributed by atoms with van der Waals surface area (Å²) in [5, 5.41) is 17.3. The molecule has 0 spiro atoms. The van der Waals surface area contributed by atoms with Crippen molar-refractivity contribution in [2.75, 3.05) is 0 Å². The summed E-state index contributed by atoms with van der Waals surface area (Å²) in [7, 11) is 0. The van der Waals surface area contributed by atoms with Crippen molar-refractivity contribution in [1.29, 1.82) is 5.26 Å². The first-order valence-electron chi connectivity index (χ1n) is 3.27. The SMILES string of the molecule is CC(O)=CC(C)=C(C#N)C(N)=O. The van der Waals surface area contributed by atoms with Crippen molar-refractivity contribution in [3.8, 4) is 6.07 Å². The first kappa shape index (κ1) is 10.2. The van der Waals surface area contributed by atoms with Crippen molar-refractivity contribution in [3.05, 3.63) is 23.0 Å². The second kappa shape index (κ2) is 4.19. The third-order valence-corrected chi connectivity index (χ3v) is 1.18. The van der Waals surface area contributed by atoms with Crippen LogP contribution in [-0.2, 0) is 4.79 Å². The summed E-state index contributed by atoms with van der Waals surface area (Å²) in [6.07, 6.45) is 1.31. The lowest BCUT2D eigenvalue weighted by molar-refractivity contribution is -0.114. The molecule has 0 bridgehead atoms. The summed E-state index contributed by atoms with van der Waals surface area (Å²) >= 11 is 0. The van der Waals surface area contributed by atoms with E-state index in [0.717, 1.165) is 0 Å². The number of allylic oxidation sites excluding steroid dienone is 3. The molecule has 0 atom stereocenters. The van der Waals surface area contributed by atoms with Crippen LogP contribution in [0.2, 0.25) is 0 Å². The molecule has 0 saturated heterocycles. The van der Waals surface area contributed by atoms with Gasteiger partial charge in [0.05, 0.1) is 5.76 Å². The lowest BCUT2D eigenvalue weighted by Gasteiger charge is -1.95. The van der Waals surface area contributed by atoms with Gasteiger partial charge in [0.1, 0.15) is 11.6 Å². The third kappa shape index (κ3) is 2.88. The maximum atomic E-state index is 10.6. The van der Waals surface area contributed by atoms with E-state index < -0.39 is 5.91 Å². The zero-order valence-corrected chi connectivity index (χ0v) is 6.96. The number of hydrogen-bond acceptors (Lipinski definition) is 3. The number of nitrogens with zero attached hydrogens (tertiary/aromatic N) is 1. The molecule has 4 heteroatoms. The van der Waals surface area contributed by atoms with E-state index in [2.05, 4.69) is 0 Å². The Kier molecular flexibility index (Phi) is 3.57. The fourth-order valence-electron chi connectivity index (χ4n) is 0.723. The zero-order valence-electron chi connectivity index (χ0n) is 6.96. The second-order valence-corrected chi connectivity index (χ2v) is 2.32. The summed E-state index contributed by atoms with van der Waals surface area (Å²) in [6.45, 7) is 2.97. The molecule has 0 saturated carbocycles. The molecule has 12 heavy (non-hydrogen) atoms. The van der Waals surface area contributed by atoms with Gasteiger partial charge in [-0.2, -0.15) is 5.26 Å². The van der Waals surface area contributed by atoms with E-state index in [9.17, 15) is 4.79 Å². The van der Waals surface area contributed by atoms with Crippen molar-refractivity contribution in [2.24, 2.45) is 5.73 Å². The second-order valence-electron chi connectivity index (χ2n) is 2.32. The average molecular weight is 166 g/mol. The van der Waals surface area contributed by atoms with Gasteiger partial charge in [-0.15, -0.1) is 0 Å². The van der Waals surface area contributed by atoms with Crippen molar-refractivity contribution >= 4 is 5.91 Å². The number of carbonyl (C=O) groups is 1. The zero-order chi connectivity index (χ0) is 9.72. The minimum absolute atomic E-state index is 0.0292. The smallest absolute Gasteiger partial charge is 0.259 e. The Morgan fingerprint density at radius 3 is 2.33 bits per heavy atom. The highest BCUT2D eigenvalue weighted by Crippen LogP contribution is 2.05. The van der Waals surface area contributed by atoms with Crippen LogP contribution >= 0.6 is 0 Å². The van der Waals surface area contributed by atoms with Crippen molar-refractivity contribution in [2.45, 2.75) is 13.8 Å². The van der Waals surface area contributed by atoms with Crippen LogP contribution in [0.15, 0.2) is 23.0 Å². The fraction of sp³-hybridized carbons (Fsp3) is 0.250. The maximum absolute atomic E-state index is 10.6. The number of aliphatic hydroxyl groups is 1. The molecule has 3 N–H and O–H groups in total. The molecule has 0 aliphatic rings. The first-order valence-corrected chi connectivity index (χ1v) is 3.27. The van der Waals surface area contributed by atoms with Gasteiger partial charge in [-0.1, -0.05) is 0 Å². The van der Waals surface area contributed by atoms with Crippen LogP contribution in [0.3, 0.4) is 0 Å². The largest absolute Gasteiger partial charge is 0.513 e. The Bertz CT molecular complexity index is 291. The van der Waals surface area contributed by atoms with E-state index >= 15 is 0 Å². The molecule has 0 rings (SSSR count). The van der Waals surface area contributed by atoms with Gasteiger partial charge in [0, 0.05) is 0 Å². The van der Waals surface area contributed by atoms with Gasteiger partial charge < -0.3 is 10.8 Å². The van der Waals surface area contributed by atoms with Crippen molar-refractivity contribution in [1.82, 2.24) is 0 Å². The van der Waals surface area contributed by atoms with Crippen LogP contribution in [0.4, 0.5) is 0 Å². The molecular weight excluding hydrogens is 156 g/mol. The number of hydrogen-bond donors (Lipinski definition) is 2. The fourth-order valence-corrected chi connectivity index (χ4v) is 0.723. The van der Waals surface area contributed by atoms with Crippen molar-refractivity contribution < 1.29 is 9.90 Å². The molecule has 0 aliphatic heterocycles. The van der Waals surface area contributed by atoms with Crippen LogP contribution in [0.25, 0.3) is 0 Å². The van der Waals surface area contributed by atoms with E-state index in [1.807, 2.05) is 0 Å². The number of primary amides is 1. The summed E-state index contributed by atoms with van der Waals surface area (Å²) in [5.41, 5.74) is 5.12. The van der Waals surface area contributed by atoms with Gasteiger partial charge >= 0.3 is 0 Å². The van der Waals surface area contributed by atoms with Crippen molar-refractivity contribution in [3.63, 3.8) is 0 Å². The van der Waals surface area contributed by atoms with E-state index in [-0.39, 0.29) is 11.3 Å². The Balaban J connectivity index is 5.03. The molecule has 0 heterocycles. The number of rotatable bonds is 2. The highest BCUT2D eigenvalue weighted by Gasteiger charge is 2.06. The Morgan fingerprint density at radius 2 is 2.08 bits per heavy atom. The molecule has 4 nitrogen and oxygen atoms in total. The molecule has 0 aromatic rings. The van der Waals surface area contributed by atoms with Gasteiger partial charge in [0.25, 0.3) is 5.91 Å². The summed E-state index contributed by atoms with van der Waals surface area (Å²) in [4.78, 5) is 10.6. The number of aliphatic hydroxyl groups excluding tert-OH is 1. The predicted octanol–water partition coefficient (Wildman–Crippen LogP) is 0.774. The molecular formula is C8H10N2O2. The van der Waals surface area contributed by atoms with Gasteiger partial charge in [-0.05, 0) is 25.5 Å². The third-order valence-electron chi connectivity index (χ3n) is 1.18. The molecule has 0 aliphatic carbocycles. The van der Waals surface area contributed by atoms with E-state index in [4.69, 9.17) is 16.1 Å². The number of nitriles is 1. The summed E-state index contributed by atoms with van der Waals surface area (Å²) < 4.78 is 0.